The number of hydrogen-bond acceptors (Lipinski definition) is 2. The van der Waals surface area contributed by atoms with Crippen LogP contribution in [-0.4, -0.2) is 34.8 Å². The smallest absolute Gasteiger partial charge is 0.0531 e. The van der Waals surface area contributed by atoms with Gasteiger partial charge in [-0.25, -0.2) is 0 Å². The van der Waals surface area contributed by atoms with Crippen LogP contribution in [0.2, 0.25) is 0 Å². The summed E-state index contributed by atoms with van der Waals surface area (Å²) >= 11 is 3.50. The van der Waals surface area contributed by atoms with E-state index in [0.717, 1.165) is 37.1 Å². The number of halogens is 1. The van der Waals surface area contributed by atoms with Crippen LogP contribution in [0.15, 0.2) is 0 Å². The molecule has 1 heterocycles. The Balaban J connectivity index is 2.39. The van der Waals surface area contributed by atoms with Gasteiger partial charge in [0, 0.05) is 40.2 Å². The van der Waals surface area contributed by atoms with Crippen LogP contribution in [0.3, 0.4) is 0 Å². The van der Waals surface area contributed by atoms with E-state index in [1.54, 1.807) is 6.26 Å². The van der Waals surface area contributed by atoms with Crippen LogP contribution in [0.5, 0.6) is 0 Å². The van der Waals surface area contributed by atoms with Crippen molar-refractivity contribution >= 4 is 26.7 Å². The molecule has 1 fully saturated rings. The van der Waals surface area contributed by atoms with Crippen LogP contribution < -0.4 is 0 Å². The van der Waals surface area contributed by atoms with Crippen molar-refractivity contribution < 1.29 is 8.95 Å². The van der Waals surface area contributed by atoms with Gasteiger partial charge in [0.25, 0.3) is 0 Å². The predicted octanol–water partition coefficient (Wildman–Crippen LogP) is 1.56. The highest BCUT2D eigenvalue weighted by molar-refractivity contribution is 9.09. The summed E-state index contributed by atoms with van der Waals surface area (Å²) in [5.74, 6) is 0.801. The van der Waals surface area contributed by atoms with Crippen molar-refractivity contribution in [2.75, 3.05) is 30.6 Å². The molecule has 0 aromatic rings. The van der Waals surface area contributed by atoms with E-state index in [9.17, 15) is 4.21 Å². The molecule has 0 aromatic heterocycles. The van der Waals surface area contributed by atoms with Gasteiger partial charge >= 0.3 is 0 Å². The maximum absolute atomic E-state index is 10.9. The van der Waals surface area contributed by atoms with Crippen molar-refractivity contribution in [3.05, 3.63) is 0 Å². The fourth-order valence-electron chi connectivity index (χ4n) is 1.38. The van der Waals surface area contributed by atoms with Gasteiger partial charge in [-0.05, 0) is 12.8 Å². The Hall–Kier alpha value is 0.590. The van der Waals surface area contributed by atoms with Gasteiger partial charge in [-0.1, -0.05) is 15.9 Å². The molecule has 0 N–H and O–H groups in total. The van der Waals surface area contributed by atoms with Gasteiger partial charge in [-0.3, -0.25) is 4.21 Å². The fraction of sp³-hybridized carbons (Fsp3) is 1.00. The van der Waals surface area contributed by atoms with Crippen LogP contribution in [0.1, 0.15) is 12.8 Å². The molecule has 0 radical (unpaired) electrons. The maximum Gasteiger partial charge on any atom is 0.0531 e. The summed E-state index contributed by atoms with van der Waals surface area (Å²) in [4.78, 5) is 0. The highest BCUT2D eigenvalue weighted by Crippen LogP contribution is 2.34. The number of hydrogen-bond donors (Lipinski definition) is 0. The first-order chi connectivity index (χ1) is 5.68. The zero-order valence-corrected chi connectivity index (χ0v) is 9.75. The molecule has 1 rings (SSSR count). The van der Waals surface area contributed by atoms with E-state index in [2.05, 4.69) is 15.9 Å². The third kappa shape index (κ3) is 2.82. The molecule has 4 heteroatoms. The van der Waals surface area contributed by atoms with E-state index in [4.69, 9.17) is 4.74 Å². The van der Waals surface area contributed by atoms with Crippen molar-refractivity contribution in [3.8, 4) is 0 Å². The Kier molecular flexibility index (Phi) is 4.20. The lowest BCUT2D eigenvalue weighted by atomic mass is 9.87. The molecule has 12 heavy (non-hydrogen) atoms. The van der Waals surface area contributed by atoms with Gasteiger partial charge < -0.3 is 4.74 Å². The molecule has 0 bridgehead atoms. The predicted molar refractivity (Wildman–Crippen MR) is 55.2 cm³/mol. The molecule has 2 nitrogen and oxygen atoms in total. The van der Waals surface area contributed by atoms with Crippen LogP contribution >= 0.6 is 15.9 Å². The largest absolute Gasteiger partial charge is 0.381 e. The topological polar surface area (TPSA) is 26.3 Å². The van der Waals surface area contributed by atoms with E-state index >= 15 is 0 Å². The van der Waals surface area contributed by atoms with Gasteiger partial charge in [0.05, 0.1) is 6.61 Å². The summed E-state index contributed by atoms with van der Waals surface area (Å²) in [6.45, 7) is 1.69. The number of alkyl halides is 1. The molecular weight excluding hydrogens is 240 g/mol. The molecule has 1 aliphatic rings. The number of rotatable bonds is 4. The van der Waals surface area contributed by atoms with E-state index in [1.165, 1.54) is 0 Å². The van der Waals surface area contributed by atoms with Crippen molar-refractivity contribution in [2.45, 2.75) is 12.8 Å². The summed E-state index contributed by atoms with van der Waals surface area (Å²) in [6, 6.07) is 0. The lowest BCUT2D eigenvalue weighted by Gasteiger charge is -2.23. The normalized spacial score (nSPS) is 32.2. The van der Waals surface area contributed by atoms with Crippen molar-refractivity contribution in [1.82, 2.24) is 0 Å². The molecule has 0 aliphatic carbocycles. The molecule has 0 aromatic carbocycles. The molecule has 0 saturated carbocycles. The van der Waals surface area contributed by atoms with E-state index in [1.807, 2.05) is 0 Å². The first-order valence-corrected chi connectivity index (χ1v) is 6.97. The Morgan fingerprint density at radius 2 is 2.42 bits per heavy atom. The summed E-state index contributed by atoms with van der Waals surface area (Å²) in [5.41, 5.74) is 0.270. The summed E-state index contributed by atoms with van der Waals surface area (Å²) in [7, 11) is -0.665. The Morgan fingerprint density at radius 3 is 2.83 bits per heavy atom. The second-order valence-electron chi connectivity index (χ2n) is 3.46. The third-order valence-electron chi connectivity index (χ3n) is 2.39. The lowest BCUT2D eigenvalue weighted by molar-refractivity contribution is 0.160. The average Bonchev–Trinajstić information content (AvgIpc) is 2.50. The minimum atomic E-state index is -0.665. The molecule has 1 saturated heterocycles. The molecule has 0 amide bonds. The van der Waals surface area contributed by atoms with E-state index in [-0.39, 0.29) is 5.41 Å². The van der Waals surface area contributed by atoms with Gasteiger partial charge in [-0.15, -0.1) is 0 Å². The molecule has 1 aliphatic heterocycles. The Bertz CT molecular complexity index is 166. The zero-order valence-electron chi connectivity index (χ0n) is 7.35. The molecule has 2 unspecified atom stereocenters. The standard InChI is InChI=1S/C8H15BrO2S/c1-12(10)5-3-8(6-9)2-4-11-7-8/h2-7H2,1H3. The maximum atomic E-state index is 10.9. The summed E-state index contributed by atoms with van der Waals surface area (Å²) in [6.07, 6.45) is 3.88. The van der Waals surface area contributed by atoms with Crippen LogP contribution in [0, 0.1) is 5.41 Å². The van der Waals surface area contributed by atoms with Crippen molar-refractivity contribution in [1.29, 1.82) is 0 Å². The third-order valence-corrected chi connectivity index (χ3v) is 4.36. The Labute approximate surface area is 84.6 Å². The molecule has 72 valence electrons. The van der Waals surface area contributed by atoms with Crippen molar-refractivity contribution in [3.63, 3.8) is 0 Å². The minimum Gasteiger partial charge on any atom is -0.381 e. The zero-order chi connectivity index (χ0) is 9.03. The fourth-order valence-corrected chi connectivity index (χ4v) is 2.82. The SMILES string of the molecule is CS(=O)CCC1(CBr)CCOC1. The van der Waals surface area contributed by atoms with E-state index < -0.39 is 10.8 Å². The van der Waals surface area contributed by atoms with Gasteiger partial charge in [0.15, 0.2) is 0 Å². The summed E-state index contributed by atoms with van der Waals surface area (Å²) in [5, 5.41) is 0.969. The Morgan fingerprint density at radius 1 is 1.67 bits per heavy atom. The van der Waals surface area contributed by atoms with Gasteiger partial charge in [0.2, 0.25) is 0 Å². The average molecular weight is 255 g/mol. The van der Waals surface area contributed by atoms with Gasteiger partial charge in [0.1, 0.15) is 0 Å². The molecular formula is C8H15BrO2S. The molecule has 0 spiro atoms. The number of ether oxygens (including phenoxy) is 1. The second kappa shape index (κ2) is 4.72. The summed E-state index contributed by atoms with van der Waals surface area (Å²) < 4.78 is 16.3. The van der Waals surface area contributed by atoms with Crippen LogP contribution in [0.25, 0.3) is 0 Å². The quantitative estimate of drug-likeness (QED) is 0.712. The lowest BCUT2D eigenvalue weighted by Crippen LogP contribution is -2.25. The van der Waals surface area contributed by atoms with Gasteiger partial charge in [-0.2, -0.15) is 0 Å². The van der Waals surface area contributed by atoms with Crippen LogP contribution in [-0.2, 0) is 15.5 Å². The molecule has 2 atom stereocenters. The first-order valence-electron chi connectivity index (χ1n) is 4.12. The minimum absolute atomic E-state index is 0.270. The van der Waals surface area contributed by atoms with Crippen LogP contribution in [0.4, 0.5) is 0 Å². The first kappa shape index (κ1) is 10.7. The highest BCUT2D eigenvalue weighted by Gasteiger charge is 2.33. The van der Waals surface area contributed by atoms with Crippen molar-refractivity contribution in [2.24, 2.45) is 5.41 Å². The highest BCUT2D eigenvalue weighted by atomic mass is 79.9. The second-order valence-corrected chi connectivity index (χ2v) is 5.58. The van der Waals surface area contributed by atoms with E-state index in [0.29, 0.717) is 0 Å². The monoisotopic (exact) mass is 254 g/mol.